The van der Waals surface area contributed by atoms with Crippen molar-refractivity contribution in [2.24, 2.45) is 5.92 Å². The summed E-state index contributed by atoms with van der Waals surface area (Å²) >= 11 is 1.72. The van der Waals surface area contributed by atoms with Crippen molar-refractivity contribution in [1.82, 2.24) is 20.0 Å². The molecule has 1 saturated heterocycles. The maximum atomic E-state index is 12.5. The Bertz CT molecular complexity index is 628. The SMILES string of the molecule is CSc1ccc(CN(C)C(=O)CN2CCN(CC(=O)NCC(C)C)CC2)cc1. The number of benzene rings is 1. The number of piperazine rings is 1. The Morgan fingerprint density at radius 2 is 1.64 bits per heavy atom. The molecule has 0 atom stereocenters. The van der Waals surface area contributed by atoms with Gasteiger partial charge in [0.05, 0.1) is 13.1 Å². The summed E-state index contributed by atoms with van der Waals surface area (Å²) < 4.78 is 0. The lowest BCUT2D eigenvalue weighted by atomic mass is 10.2. The van der Waals surface area contributed by atoms with Crippen molar-refractivity contribution >= 4 is 23.6 Å². The first kappa shape index (κ1) is 22.7. The van der Waals surface area contributed by atoms with E-state index in [2.05, 4.69) is 59.5 Å². The Balaban J connectivity index is 1.69. The number of rotatable bonds is 9. The second-order valence-corrected chi connectivity index (χ2v) is 8.73. The Kier molecular flexibility index (Phi) is 9.28. The highest BCUT2D eigenvalue weighted by molar-refractivity contribution is 7.98. The zero-order chi connectivity index (χ0) is 20.5. The van der Waals surface area contributed by atoms with Crippen LogP contribution in [0.3, 0.4) is 0 Å². The van der Waals surface area contributed by atoms with Crippen LogP contribution >= 0.6 is 11.8 Å². The minimum absolute atomic E-state index is 0.0884. The lowest BCUT2D eigenvalue weighted by Crippen LogP contribution is -2.51. The van der Waals surface area contributed by atoms with Crippen LogP contribution in [-0.2, 0) is 16.1 Å². The van der Waals surface area contributed by atoms with E-state index in [-0.39, 0.29) is 11.8 Å². The predicted octanol–water partition coefficient (Wildman–Crippen LogP) is 1.76. The lowest BCUT2D eigenvalue weighted by molar-refractivity contribution is -0.132. The van der Waals surface area contributed by atoms with Crippen LogP contribution in [0.15, 0.2) is 29.2 Å². The molecule has 1 aromatic rings. The zero-order valence-electron chi connectivity index (χ0n) is 17.6. The normalized spacial score (nSPS) is 15.6. The molecule has 0 saturated carbocycles. The summed E-state index contributed by atoms with van der Waals surface area (Å²) in [5.41, 5.74) is 1.14. The molecule has 0 bridgehead atoms. The van der Waals surface area contributed by atoms with Crippen molar-refractivity contribution in [2.45, 2.75) is 25.3 Å². The number of nitrogens with one attached hydrogen (secondary N) is 1. The van der Waals surface area contributed by atoms with E-state index in [0.717, 1.165) is 38.3 Å². The third kappa shape index (κ3) is 7.81. The number of thioether (sulfide) groups is 1. The van der Waals surface area contributed by atoms with Crippen molar-refractivity contribution in [3.63, 3.8) is 0 Å². The van der Waals surface area contributed by atoms with Crippen LogP contribution in [-0.4, -0.2) is 85.6 Å². The van der Waals surface area contributed by atoms with Gasteiger partial charge in [0.15, 0.2) is 0 Å². The summed E-state index contributed by atoms with van der Waals surface area (Å²) in [4.78, 5) is 31.9. The standard InChI is InChI=1S/C21H34N4O2S/c1-17(2)13-22-20(26)15-24-9-11-25(12-10-24)16-21(27)23(3)14-18-5-7-19(28-4)8-6-18/h5-8,17H,9-16H2,1-4H3,(H,22,26). The predicted molar refractivity (Wildman–Crippen MR) is 115 cm³/mol. The van der Waals surface area contributed by atoms with Gasteiger partial charge in [-0.05, 0) is 29.9 Å². The zero-order valence-corrected chi connectivity index (χ0v) is 18.4. The molecule has 1 aromatic carbocycles. The van der Waals surface area contributed by atoms with Gasteiger partial charge >= 0.3 is 0 Å². The Morgan fingerprint density at radius 3 is 2.18 bits per heavy atom. The summed E-state index contributed by atoms with van der Waals surface area (Å²) in [5.74, 6) is 0.690. The third-order valence-corrected chi connectivity index (χ3v) is 5.65. The number of carbonyl (C=O) groups is 2. The largest absolute Gasteiger partial charge is 0.355 e. The van der Waals surface area contributed by atoms with E-state index in [4.69, 9.17) is 0 Å². The highest BCUT2D eigenvalue weighted by Gasteiger charge is 2.21. The average molecular weight is 407 g/mol. The van der Waals surface area contributed by atoms with E-state index in [1.54, 1.807) is 16.7 Å². The first-order chi connectivity index (χ1) is 13.4. The number of hydrogen-bond acceptors (Lipinski definition) is 5. The molecule has 1 heterocycles. The number of hydrogen-bond donors (Lipinski definition) is 1. The van der Waals surface area contributed by atoms with Crippen LogP contribution in [0.25, 0.3) is 0 Å². The summed E-state index contributed by atoms with van der Waals surface area (Å²) in [6, 6.07) is 8.35. The van der Waals surface area contributed by atoms with Crippen LogP contribution in [0, 0.1) is 5.92 Å². The number of nitrogens with zero attached hydrogens (tertiary/aromatic N) is 3. The molecular weight excluding hydrogens is 372 g/mol. The highest BCUT2D eigenvalue weighted by Crippen LogP contribution is 2.15. The fourth-order valence-electron chi connectivity index (χ4n) is 3.09. The Labute approximate surface area is 173 Å². The second-order valence-electron chi connectivity index (χ2n) is 7.85. The topological polar surface area (TPSA) is 55.9 Å². The highest BCUT2D eigenvalue weighted by atomic mass is 32.2. The van der Waals surface area contributed by atoms with Gasteiger partial charge in [-0.15, -0.1) is 11.8 Å². The molecular formula is C21H34N4O2S. The summed E-state index contributed by atoms with van der Waals surface area (Å²) in [5, 5.41) is 2.96. The van der Waals surface area contributed by atoms with Gasteiger partial charge in [0.1, 0.15) is 0 Å². The van der Waals surface area contributed by atoms with E-state index in [1.807, 2.05) is 7.05 Å². The fraction of sp³-hybridized carbons (Fsp3) is 0.619. The first-order valence-electron chi connectivity index (χ1n) is 9.95. The van der Waals surface area contributed by atoms with Gasteiger partial charge in [0, 0.05) is 51.2 Å². The summed E-state index contributed by atoms with van der Waals surface area (Å²) in [7, 11) is 1.86. The van der Waals surface area contributed by atoms with Gasteiger partial charge in [0.2, 0.25) is 11.8 Å². The van der Waals surface area contributed by atoms with E-state index in [0.29, 0.717) is 25.6 Å². The van der Waals surface area contributed by atoms with Gasteiger partial charge in [-0.2, -0.15) is 0 Å². The molecule has 0 aliphatic carbocycles. The molecule has 2 amide bonds. The maximum absolute atomic E-state index is 12.5. The minimum Gasteiger partial charge on any atom is -0.355 e. The monoisotopic (exact) mass is 406 g/mol. The van der Waals surface area contributed by atoms with Crippen LogP contribution in [0.1, 0.15) is 19.4 Å². The molecule has 1 aliphatic rings. The molecule has 0 aromatic heterocycles. The maximum Gasteiger partial charge on any atom is 0.236 e. The fourth-order valence-corrected chi connectivity index (χ4v) is 3.50. The Hall–Kier alpha value is -1.57. The van der Waals surface area contributed by atoms with Gasteiger partial charge in [0.25, 0.3) is 0 Å². The van der Waals surface area contributed by atoms with E-state index >= 15 is 0 Å². The molecule has 1 fully saturated rings. The van der Waals surface area contributed by atoms with Crippen molar-refractivity contribution in [3.05, 3.63) is 29.8 Å². The molecule has 1 aliphatic heterocycles. The third-order valence-electron chi connectivity index (χ3n) is 4.90. The number of likely N-dealkylation sites (N-methyl/N-ethyl adjacent to an activating group) is 1. The number of amides is 2. The lowest BCUT2D eigenvalue weighted by Gasteiger charge is -2.34. The molecule has 6 nitrogen and oxygen atoms in total. The van der Waals surface area contributed by atoms with Crippen molar-refractivity contribution in [1.29, 1.82) is 0 Å². The van der Waals surface area contributed by atoms with Gasteiger partial charge in [-0.25, -0.2) is 0 Å². The van der Waals surface area contributed by atoms with Gasteiger partial charge in [-0.1, -0.05) is 26.0 Å². The van der Waals surface area contributed by atoms with Crippen LogP contribution in [0.2, 0.25) is 0 Å². The van der Waals surface area contributed by atoms with Crippen molar-refractivity contribution in [2.75, 3.05) is 59.1 Å². The van der Waals surface area contributed by atoms with E-state index in [9.17, 15) is 9.59 Å². The molecule has 0 unspecified atom stereocenters. The smallest absolute Gasteiger partial charge is 0.236 e. The van der Waals surface area contributed by atoms with Gasteiger partial charge < -0.3 is 10.2 Å². The van der Waals surface area contributed by atoms with Crippen LogP contribution in [0.5, 0.6) is 0 Å². The van der Waals surface area contributed by atoms with Crippen molar-refractivity contribution in [3.8, 4) is 0 Å². The number of carbonyl (C=O) groups excluding carboxylic acids is 2. The summed E-state index contributed by atoms with van der Waals surface area (Å²) in [6.45, 7) is 9.69. The Morgan fingerprint density at radius 1 is 1.07 bits per heavy atom. The molecule has 0 spiro atoms. The second kappa shape index (κ2) is 11.4. The van der Waals surface area contributed by atoms with Crippen molar-refractivity contribution < 1.29 is 9.59 Å². The summed E-state index contributed by atoms with van der Waals surface area (Å²) in [6.07, 6.45) is 2.06. The van der Waals surface area contributed by atoms with Crippen LogP contribution < -0.4 is 5.32 Å². The minimum atomic E-state index is 0.0884. The van der Waals surface area contributed by atoms with Crippen LogP contribution in [0.4, 0.5) is 0 Å². The first-order valence-corrected chi connectivity index (χ1v) is 11.2. The molecule has 28 heavy (non-hydrogen) atoms. The van der Waals surface area contributed by atoms with E-state index < -0.39 is 0 Å². The molecule has 156 valence electrons. The molecule has 1 N–H and O–H groups in total. The quantitative estimate of drug-likeness (QED) is 0.634. The molecule has 7 heteroatoms. The molecule has 0 radical (unpaired) electrons. The molecule has 2 rings (SSSR count). The van der Waals surface area contributed by atoms with E-state index in [1.165, 1.54) is 4.90 Å². The van der Waals surface area contributed by atoms with Gasteiger partial charge in [-0.3, -0.25) is 19.4 Å². The average Bonchev–Trinajstić information content (AvgIpc) is 2.68.